The van der Waals surface area contributed by atoms with Crippen LogP contribution in [0.5, 0.6) is 5.75 Å². The minimum Gasteiger partial charge on any atom is -0.497 e. The van der Waals surface area contributed by atoms with Crippen molar-refractivity contribution in [2.45, 2.75) is 25.4 Å². The lowest BCUT2D eigenvalue weighted by Gasteiger charge is -2.45. The Balaban J connectivity index is 2.22. The molecule has 2 unspecified atom stereocenters. The average molecular weight is 264 g/mol. The summed E-state index contributed by atoms with van der Waals surface area (Å²) in [5, 5.41) is 9.27. The number of piperazine rings is 1. The molecule has 1 saturated heterocycles. The normalized spacial score (nSPS) is 24.5. The van der Waals surface area contributed by atoms with Gasteiger partial charge >= 0.3 is 0 Å². The predicted octanol–water partition coefficient (Wildman–Crippen LogP) is 1.59. The number of hydrogen-bond acceptors (Lipinski definition) is 4. The number of ether oxygens (including phenoxy) is 1. The second kappa shape index (κ2) is 6.26. The summed E-state index contributed by atoms with van der Waals surface area (Å²) < 4.78 is 5.30. The lowest BCUT2D eigenvalue weighted by Crippen LogP contribution is -2.56. The van der Waals surface area contributed by atoms with E-state index in [-0.39, 0.29) is 6.61 Å². The van der Waals surface area contributed by atoms with Crippen LogP contribution in [-0.2, 0) is 0 Å². The van der Waals surface area contributed by atoms with Gasteiger partial charge in [-0.15, -0.1) is 0 Å². The van der Waals surface area contributed by atoms with E-state index in [1.54, 1.807) is 7.11 Å². The first-order valence-electron chi connectivity index (χ1n) is 6.87. The Labute approximate surface area is 115 Å². The van der Waals surface area contributed by atoms with E-state index in [2.05, 4.69) is 35.9 Å². The second-order valence-electron chi connectivity index (χ2n) is 5.31. The van der Waals surface area contributed by atoms with Gasteiger partial charge in [0.25, 0.3) is 0 Å². The van der Waals surface area contributed by atoms with E-state index in [4.69, 9.17) is 4.74 Å². The second-order valence-corrected chi connectivity index (χ2v) is 5.31. The standard InChI is InChI=1S/C15H24N2O2/c1-12-10-17(14(7-8-18)11-16(12)2)13-5-4-6-15(9-13)19-3/h4-6,9,12,14,18H,7-8,10-11H2,1-3H3. The molecule has 2 rings (SSSR count). The lowest BCUT2D eigenvalue weighted by molar-refractivity contribution is 0.177. The first kappa shape index (κ1) is 14.2. The fourth-order valence-electron chi connectivity index (χ4n) is 2.69. The van der Waals surface area contributed by atoms with Crippen LogP contribution in [-0.4, -0.2) is 55.9 Å². The van der Waals surface area contributed by atoms with Crippen molar-refractivity contribution >= 4 is 5.69 Å². The average Bonchev–Trinajstić information content (AvgIpc) is 2.43. The van der Waals surface area contributed by atoms with Crippen molar-refractivity contribution in [1.82, 2.24) is 4.90 Å². The highest BCUT2D eigenvalue weighted by Crippen LogP contribution is 2.27. The minimum absolute atomic E-state index is 0.230. The maximum Gasteiger partial charge on any atom is 0.120 e. The molecule has 0 aliphatic carbocycles. The molecule has 1 aliphatic heterocycles. The van der Waals surface area contributed by atoms with Gasteiger partial charge in [0, 0.05) is 43.5 Å². The highest BCUT2D eigenvalue weighted by atomic mass is 16.5. The first-order valence-corrected chi connectivity index (χ1v) is 6.87. The lowest BCUT2D eigenvalue weighted by atomic mass is 10.0. The van der Waals surface area contributed by atoms with Gasteiger partial charge in [-0.25, -0.2) is 0 Å². The molecule has 1 heterocycles. The van der Waals surface area contributed by atoms with Crippen LogP contribution in [0.2, 0.25) is 0 Å². The smallest absolute Gasteiger partial charge is 0.120 e. The van der Waals surface area contributed by atoms with Crippen LogP contribution in [0.4, 0.5) is 5.69 Å². The van der Waals surface area contributed by atoms with Crippen LogP contribution in [0, 0.1) is 0 Å². The van der Waals surface area contributed by atoms with E-state index >= 15 is 0 Å². The summed E-state index contributed by atoms with van der Waals surface area (Å²) in [5.74, 6) is 0.881. The van der Waals surface area contributed by atoms with Gasteiger partial charge in [0.2, 0.25) is 0 Å². The van der Waals surface area contributed by atoms with Crippen LogP contribution in [0.15, 0.2) is 24.3 Å². The van der Waals surface area contributed by atoms with Crippen LogP contribution in [0.1, 0.15) is 13.3 Å². The molecular weight excluding hydrogens is 240 g/mol. The zero-order chi connectivity index (χ0) is 13.8. The Kier molecular flexibility index (Phi) is 4.66. The van der Waals surface area contributed by atoms with Gasteiger partial charge in [0.05, 0.1) is 7.11 Å². The van der Waals surface area contributed by atoms with Gasteiger partial charge in [-0.1, -0.05) is 6.07 Å². The molecule has 1 fully saturated rings. The molecule has 0 saturated carbocycles. The summed E-state index contributed by atoms with van der Waals surface area (Å²) in [6, 6.07) is 9.05. The number of hydrogen-bond donors (Lipinski definition) is 1. The van der Waals surface area contributed by atoms with Crippen molar-refractivity contribution in [1.29, 1.82) is 0 Å². The zero-order valence-corrected chi connectivity index (χ0v) is 12.0. The molecule has 106 valence electrons. The fourth-order valence-corrected chi connectivity index (χ4v) is 2.69. The molecule has 19 heavy (non-hydrogen) atoms. The summed E-state index contributed by atoms with van der Waals surface area (Å²) in [6.07, 6.45) is 0.800. The Bertz CT molecular complexity index is 411. The third-order valence-electron chi connectivity index (χ3n) is 4.00. The fraction of sp³-hybridized carbons (Fsp3) is 0.600. The van der Waals surface area contributed by atoms with Crippen molar-refractivity contribution in [3.05, 3.63) is 24.3 Å². The van der Waals surface area contributed by atoms with E-state index in [9.17, 15) is 5.11 Å². The van der Waals surface area contributed by atoms with Crippen LogP contribution in [0.3, 0.4) is 0 Å². The number of anilines is 1. The molecule has 1 N–H and O–H groups in total. The largest absolute Gasteiger partial charge is 0.497 e. The van der Waals surface area contributed by atoms with E-state index in [0.717, 1.165) is 25.3 Å². The highest BCUT2D eigenvalue weighted by Gasteiger charge is 2.29. The Hall–Kier alpha value is -1.26. The number of aliphatic hydroxyl groups excluding tert-OH is 1. The van der Waals surface area contributed by atoms with Crippen molar-refractivity contribution in [3.8, 4) is 5.75 Å². The summed E-state index contributed by atoms with van der Waals surface area (Å²) in [4.78, 5) is 4.75. The molecule has 0 aromatic heterocycles. The summed E-state index contributed by atoms with van der Waals surface area (Å²) >= 11 is 0. The minimum atomic E-state index is 0.230. The molecule has 0 amide bonds. The van der Waals surface area contributed by atoms with Crippen molar-refractivity contribution in [3.63, 3.8) is 0 Å². The van der Waals surface area contributed by atoms with Crippen LogP contribution < -0.4 is 9.64 Å². The third-order valence-corrected chi connectivity index (χ3v) is 4.00. The molecule has 0 spiro atoms. The quantitative estimate of drug-likeness (QED) is 0.896. The number of benzene rings is 1. The van der Waals surface area contributed by atoms with E-state index in [1.165, 1.54) is 5.69 Å². The number of nitrogens with zero attached hydrogens (tertiary/aromatic N) is 2. The Morgan fingerprint density at radius 3 is 2.84 bits per heavy atom. The molecular formula is C15H24N2O2. The van der Waals surface area contributed by atoms with Crippen LogP contribution >= 0.6 is 0 Å². The van der Waals surface area contributed by atoms with Gasteiger partial charge in [-0.3, -0.25) is 4.90 Å². The monoisotopic (exact) mass is 264 g/mol. The topological polar surface area (TPSA) is 35.9 Å². The van der Waals surface area contributed by atoms with Crippen molar-refractivity contribution in [2.75, 3.05) is 38.8 Å². The molecule has 4 heteroatoms. The van der Waals surface area contributed by atoms with Gasteiger partial charge in [-0.2, -0.15) is 0 Å². The number of aliphatic hydroxyl groups is 1. The molecule has 0 radical (unpaired) electrons. The highest BCUT2D eigenvalue weighted by molar-refractivity contribution is 5.52. The Morgan fingerprint density at radius 2 is 2.16 bits per heavy atom. The van der Waals surface area contributed by atoms with Crippen molar-refractivity contribution < 1.29 is 9.84 Å². The van der Waals surface area contributed by atoms with E-state index < -0.39 is 0 Å². The van der Waals surface area contributed by atoms with Crippen molar-refractivity contribution in [2.24, 2.45) is 0 Å². The van der Waals surface area contributed by atoms with Gasteiger partial charge in [0.15, 0.2) is 0 Å². The number of likely N-dealkylation sites (N-methyl/N-ethyl adjacent to an activating group) is 1. The molecule has 1 aromatic carbocycles. The summed E-state index contributed by atoms with van der Waals surface area (Å²) in [6.45, 7) is 4.43. The molecule has 4 nitrogen and oxygen atoms in total. The van der Waals surface area contributed by atoms with E-state index in [1.807, 2.05) is 12.1 Å². The maximum atomic E-state index is 9.27. The third kappa shape index (κ3) is 3.19. The number of methoxy groups -OCH3 is 1. The molecule has 0 bridgehead atoms. The van der Waals surface area contributed by atoms with Gasteiger partial charge < -0.3 is 14.7 Å². The maximum absolute atomic E-state index is 9.27. The van der Waals surface area contributed by atoms with Crippen LogP contribution in [0.25, 0.3) is 0 Å². The zero-order valence-electron chi connectivity index (χ0n) is 12.0. The van der Waals surface area contributed by atoms with Gasteiger partial charge in [-0.05, 0) is 32.5 Å². The Morgan fingerprint density at radius 1 is 1.37 bits per heavy atom. The predicted molar refractivity (Wildman–Crippen MR) is 77.9 cm³/mol. The van der Waals surface area contributed by atoms with E-state index in [0.29, 0.717) is 12.1 Å². The SMILES string of the molecule is COc1cccc(N2CC(C)N(C)CC2CCO)c1. The summed E-state index contributed by atoms with van der Waals surface area (Å²) in [7, 11) is 3.84. The molecule has 1 aromatic rings. The molecule has 2 atom stereocenters. The van der Waals surface area contributed by atoms with Gasteiger partial charge in [0.1, 0.15) is 5.75 Å². The summed E-state index contributed by atoms with van der Waals surface area (Å²) in [5.41, 5.74) is 1.18. The first-order chi connectivity index (χ1) is 9.15. The molecule has 1 aliphatic rings. The number of rotatable bonds is 4.